The Morgan fingerprint density at radius 1 is 1.62 bits per heavy atom. The molecule has 1 saturated heterocycles. The van der Waals surface area contributed by atoms with E-state index in [9.17, 15) is 23.7 Å². The molecule has 0 aliphatic carbocycles. The molecular formula is C10H13FN2O6PS+. The Morgan fingerprint density at radius 3 is 2.81 bits per heavy atom. The third kappa shape index (κ3) is 3.41. The molecule has 2 rings (SSSR count). The molecule has 0 radical (unpaired) electrons. The zero-order valence-corrected chi connectivity index (χ0v) is 12.5. The second-order valence-electron chi connectivity index (χ2n) is 4.50. The van der Waals surface area contributed by atoms with Crippen LogP contribution in [0.5, 0.6) is 0 Å². The lowest BCUT2D eigenvalue weighted by Crippen LogP contribution is -2.37. The summed E-state index contributed by atoms with van der Waals surface area (Å²) in [7, 11) is -2.42. The standard InChI is InChI=1S/C10H12FN2O6PS/c1-4(14)7-8(19-20(17)21)6(11)9(18-7)13-3-2-5(15)12-10(13)16/h2-4,6-9,14H,1H3,(H-,12,15,16,17,21)/p+1/t4-,6?,7-,8-,9-/m1/s1. The van der Waals surface area contributed by atoms with Gasteiger partial charge >= 0.3 is 12.9 Å². The summed E-state index contributed by atoms with van der Waals surface area (Å²) in [5.41, 5.74) is -1.50. The zero-order chi connectivity index (χ0) is 15.7. The molecule has 21 heavy (non-hydrogen) atoms. The van der Waals surface area contributed by atoms with E-state index in [4.69, 9.17) is 9.26 Å². The fourth-order valence-electron chi connectivity index (χ4n) is 2.11. The molecule has 11 heteroatoms. The topological polar surface area (TPSA) is 111 Å². The molecule has 2 unspecified atom stereocenters. The van der Waals surface area contributed by atoms with Crippen LogP contribution in [-0.2, 0) is 13.8 Å². The smallest absolute Gasteiger partial charge is 0.391 e. The van der Waals surface area contributed by atoms with Crippen LogP contribution in [0.1, 0.15) is 13.2 Å². The average Bonchev–Trinajstić information content (AvgIpc) is 2.67. The van der Waals surface area contributed by atoms with E-state index in [1.165, 1.54) is 6.92 Å². The van der Waals surface area contributed by atoms with Gasteiger partial charge in [0.25, 0.3) is 5.56 Å². The van der Waals surface area contributed by atoms with Gasteiger partial charge in [-0.3, -0.25) is 14.3 Å². The highest BCUT2D eigenvalue weighted by Crippen LogP contribution is 2.40. The number of nitrogens with one attached hydrogen (secondary N) is 1. The van der Waals surface area contributed by atoms with Crippen molar-refractivity contribution in [3.63, 3.8) is 0 Å². The number of aliphatic hydroxyl groups is 1. The van der Waals surface area contributed by atoms with Gasteiger partial charge in [0.05, 0.1) is 6.10 Å². The molecule has 1 aliphatic heterocycles. The Balaban J connectivity index is 2.35. The molecule has 0 saturated carbocycles. The lowest BCUT2D eigenvalue weighted by atomic mass is 10.1. The van der Waals surface area contributed by atoms with Gasteiger partial charge in [-0.15, -0.1) is 4.52 Å². The highest BCUT2D eigenvalue weighted by molar-refractivity contribution is 8.39. The molecule has 1 fully saturated rings. The van der Waals surface area contributed by atoms with E-state index in [-0.39, 0.29) is 0 Å². The largest absolute Gasteiger partial charge is 0.582 e. The quantitative estimate of drug-likeness (QED) is 0.531. The molecule has 2 heterocycles. The van der Waals surface area contributed by atoms with Gasteiger partial charge in [-0.05, 0) is 11.5 Å². The van der Waals surface area contributed by atoms with Gasteiger partial charge in [-0.2, -0.15) is 0 Å². The third-order valence-electron chi connectivity index (χ3n) is 3.02. The second-order valence-corrected chi connectivity index (χ2v) is 6.17. The highest BCUT2D eigenvalue weighted by Gasteiger charge is 2.52. The molecule has 116 valence electrons. The predicted molar refractivity (Wildman–Crippen MR) is 73.3 cm³/mol. The molecule has 1 aromatic heterocycles. The number of alkyl halides is 1. The normalized spacial score (nSPS) is 31.1. The number of H-pyrrole nitrogens is 1. The average molecular weight is 339 g/mol. The van der Waals surface area contributed by atoms with Crippen LogP contribution in [0.4, 0.5) is 4.39 Å². The van der Waals surface area contributed by atoms with Crippen LogP contribution in [0.15, 0.2) is 21.9 Å². The van der Waals surface area contributed by atoms with Crippen LogP contribution < -0.4 is 11.2 Å². The van der Waals surface area contributed by atoms with E-state index >= 15 is 0 Å². The number of hydrogen-bond acceptors (Lipinski definition) is 6. The van der Waals surface area contributed by atoms with Crippen molar-refractivity contribution in [3.05, 3.63) is 33.1 Å². The van der Waals surface area contributed by atoms with Crippen molar-refractivity contribution in [2.45, 2.75) is 37.6 Å². The van der Waals surface area contributed by atoms with Crippen molar-refractivity contribution in [1.82, 2.24) is 9.55 Å². The number of thiol groups is 1. The predicted octanol–water partition coefficient (Wildman–Crippen LogP) is 0.125. The van der Waals surface area contributed by atoms with Gasteiger partial charge in [0.15, 0.2) is 18.5 Å². The second kappa shape index (κ2) is 6.37. The van der Waals surface area contributed by atoms with Crippen molar-refractivity contribution in [1.29, 1.82) is 0 Å². The van der Waals surface area contributed by atoms with Gasteiger partial charge < -0.3 is 9.84 Å². The number of halogens is 1. The number of ether oxygens (including phenoxy) is 1. The number of rotatable bonds is 4. The number of aliphatic hydroxyl groups excluding tert-OH is 1. The fourth-order valence-corrected chi connectivity index (χ4v) is 2.89. The minimum atomic E-state index is -2.42. The summed E-state index contributed by atoms with van der Waals surface area (Å²) in [6.45, 7) is 1.34. The van der Waals surface area contributed by atoms with Crippen LogP contribution >= 0.6 is 19.5 Å². The lowest BCUT2D eigenvalue weighted by molar-refractivity contribution is -0.0747. The van der Waals surface area contributed by atoms with Gasteiger partial charge in [0.2, 0.25) is 0 Å². The first-order chi connectivity index (χ1) is 9.81. The molecule has 1 aromatic rings. The molecule has 0 spiro atoms. The van der Waals surface area contributed by atoms with Crippen molar-refractivity contribution < 1.29 is 23.3 Å². The van der Waals surface area contributed by atoms with Crippen LogP contribution in [-0.4, -0.2) is 39.1 Å². The van der Waals surface area contributed by atoms with Gasteiger partial charge in [-0.1, -0.05) is 0 Å². The summed E-state index contributed by atoms with van der Waals surface area (Å²) in [5.74, 6) is 0. The summed E-state index contributed by atoms with van der Waals surface area (Å²) in [5, 5.41) is 9.59. The maximum atomic E-state index is 14.4. The first kappa shape index (κ1) is 16.3. The Labute approximate surface area is 123 Å². The number of hydrogen-bond donors (Lipinski definition) is 3. The lowest BCUT2D eigenvalue weighted by Gasteiger charge is -2.17. The molecule has 1 aliphatic rings. The highest BCUT2D eigenvalue weighted by atomic mass is 32.7. The molecule has 0 aromatic carbocycles. The van der Waals surface area contributed by atoms with E-state index in [1.807, 2.05) is 4.98 Å². The molecular weight excluding hydrogens is 326 g/mol. The molecule has 0 amide bonds. The Bertz CT molecular complexity index is 649. The van der Waals surface area contributed by atoms with Crippen molar-refractivity contribution in [2.75, 3.05) is 0 Å². The van der Waals surface area contributed by atoms with Crippen LogP contribution in [0, 0.1) is 0 Å². The number of nitrogens with zero attached hydrogens (tertiary/aromatic N) is 1. The van der Waals surface area contributed by atoms with Crippen molar-refractivity contribution in [2.24, 2.45) is 0 Å². The molecule has 8 nitrogen and oxygen atoms in total. The van der Waals surface area contributed by atoms with Crippen molar-refractivity contribution >= 4 is 19.5 Å². The summed E-state index contributed by atoms with van der Waals surface area (Å²) >= 11 is 3.54. The van der Waals surface area contributed by atoms with E-state index in [0.717, 1.165) is 16.8 Å². The Morgan fingerprint density at radius 2 is 2.29 bits per heavy atom. The SMILES string of the molecule is C[C@@H](O)[C@H]1O[C@@H](n2ccc(=O)[nH]c2=O)C(F)[C@H]1O[P+](=O)S. The Kier molecular flexibility index (Phi) is 4.95. The zero-order valence-electron chi connectivity index (χ0n) is 10.7. The number of aromatic amines is 1. The summed E-state index contributed by atoms with van der Waals surface area (Å²) in [6, 6.07) is 1.03. The van der Waals surface area contributed by atoms with E-state index in [0.29, 0.717) is 0 Å². The monoisotopic (exact) mass is 339 g/mol. The fraction of sp³-hybridized carbons (Fsp3) is 0.600. The summed E-state index contributed by atoms with van der Waals surface area (Å²) in [6.07, 6.45) is -5.83. The minimum absolute atomic E-state index is 0.636. The minimum Gasteiger partial charge on any atom is -0.391 e. The first-order valence-electron chi connectivity index (χ1n) is 5.93. The molecule has 2 N–H and O–H groups in total. The summed E-state index contributed by atoms with van der Waals surface area (Å²) in [4.78, 5) is 24.6. The Hall–Kier alpha value is -1.06. The van der Waals surface area contributed by atoms with Crippen LogP contribution in [0.25, 0.3) is 0 Å². The van der Waals surface area contributed by atoms with E-state index < -0.39 is 49.2 Å². The van der Waals surface area contributed by atoms with Gasteiger partial charge in [-0.25, -0.2) is 9.18 Å². The van der Waals surface area contributed by atoms with Crippen LogP contribution in [0.3, 0.4) is 0 Å². The van der Waals surface area contributed by atoms with Crippen molar-refractivity contribution in [3.8, 4) is 0 Å². The maximum absolute atomic E-state index is 14.4. The van der Waals surface area contributed by atoms with Gasteiger partial charge in [0.1, 0.15) is 18.4 Å². The first-order valence-corrected chi connectivity index (χ1v) is 8.26. The number of aromatic nitrogens is 2. The van der Waals surface area contributed by atoms with E-state index in [1.54, 1.807) is 0 Å². The van der Waals surface area contributed by atoms with Crippen LogP contribution in [0.2, 0.25) is 0 Å². The van der Waals surface area contributed by atoms with E-state index in [2.05, 4.69) is 12.2 Å². The molecule has 0 bridgehead atoms. The summed E-state index contributed by atoms with van der Waals surface area (Å²) < 4.78 is 36.4. The van der Waals surface area contributed by atoms with Gasteiger partial charge in [0, 0.05) is 12.3 Å². The molecule has 6 atom stereocenters. The third-order valence-corrected chi connectivity index (χ3v) is 3.73. The maximum Gasteiger partial charge on any atom is 0.582 e.